The van der Waals surface area contributed by atoms with E-state index in [4.69, 9.17) is 11.6 Å². The van der Waals surface area contributed by atoms with Crippen molar-refractivity contribution < 1.29 is 19.2 Å². The molecule has 0 spiro atoms. The number of amides is 4. The van der Waals surface area contributed by atoms with Crippen LogP contribution in [-0.4, -0.2) is 23.6 Å². The van der Waals surface area contributed by atoms with E-state index in [1.54, 1.807) is 48.5 Å². The fourth-order valence-electron chi connectivity index (χ4n) is 3.37. The maximum absolute atomic E-state index is 12.4. The SMILES string of the molecule is O=C1C=C(c2ccccc2)C(=O)N1c1ccc(Br)cc1.O=C1C=CC(=O)N1c1ccc(Cl)cc1. The van der Waals surface area contributed by atoms with Crippen LogP contribution in [-0.2, 0) is 19.2 Å². The number of carbonyl (C=O) groups excluding carboxylic acids is 4. The number of hydrogen-bond acceptors (Lipinski definition) is 4. The Balaban J connectivity index is 0.000000172. The lowest BCUT2D eigenvalue weighted by atomic mass is 10.1. The first kappa shape index (κ1) is 23.4. The molecule has 0 N–H and O–H groups in total. The van der Waals surface area contributed by atoms with E-state index in [9.17, 15) is 19.2 Å². The van der Waals surface area contributed by atoms with Crippen molar-refractivity contribution in [2.24, 2.45) is 0 Å². The summed E-state index contributed by atoms with van der Waals surface area (Å²) < 4.78 is 0.900. The van der Waals surface area contributed by atoms with Gasteiger partial charge in [0.05, 0.1) is 16.9 Å². The van der Waals surface area contributed by atoms with Crippen LogP contribution in [0.15, 0.2) is 102 Å². The minimum absolute atomic E-state index is 0.288. The lowest BCUT2D eigenvalue weighted by Crippen LogP contribution is -2.30. The van der Waals surface area contributed by atoms with E-state index in [0.29, 0.717) is 22.0 Å². The molecule has 34 heavy (non-hydrogen) atoms. The van der Waals surface area contributed by atoms with Crippen molar-refractivity contribution >= 4 is 68.1 Å². The molecule has 0 saturated carbocycles. The van der Waals surface area contributed by atoms with E-state index in [0.717, 1.165) is 14.9 Å². The number of hydrogen-bond donors (Lipinski definition) is 0. The molecule has 2 aliphatic heterocycles. The van der Waals surface area contributed by atoms with Crippen molar-refractivity contribution in [3.8, 4) is 0 Å². The predicted octanol–water partition coefficient (Wildman–Crippen LogP) is 5.18. The molecule has 0 saturated heterocycles. The summed E-state index contributed by atoms with van der Waals surface area (Å²) in [6.07, 6.45) is 3.88. The lowest BCUT2D eigenvalue weighted by molar-refractivity contribution is -0.121. The summed E-state index contributed by atoms with van der Waals surface area (Å²) in [5.74, 6) is -1.24. The second-order valence-electron chi connectivity index (χ2n) is 7.20. The standard InChI is InChI=1S/C16H10BrNO2.C10H6ClNO2/c17-12-6-8-13(9-7-12)18-15(19)10-14(16(18)20)11-4-2-1-3-5-11;11-7-1-3-8(4-2-7)12-9(13)5-6-10(12)14/h1-10H;1-6H. The van der Waals surface area contributed by atoms with Gasteiger partial charge < -0.3 is 0 Å². The van der Waals surface area contributed by atoms with Crippen molar-refractivity contribution in [2.45, 2.75) is 0 Å². The van der Waals surface area contributed by atoms with Crippen LogP contribution in [0.2, 0.25) is 5.02 Å². The highest BCUT2D eigenvalue weighted by Crippen LogP contribution is 2.29. The van der Waals surface area contributed by atoms with Gasteiger partial charge in [0.25, 0.3) is 23.6 Å². The Morgan fingerprint density at radius 3 is 1.74 bits per heavy atom. The third-order valence-corrected chi connectivity index (χ3v) is 5.77. The molecule has 0 fully saturated rings. The number of benzene rings is 3. The Kier molecular flexibility index (Phi) is 6.86. The first-order valence-corrected chi connectivity index (χ1v) is 11.2. The van der Waals surface area contributed by atoms with Gasteiger partial charge in [0.2, 0.25) is 0 Å². The predicted molar refractivity (Wildman–Crippen MR) is 134 cm³/mol. The molecule has 0 unspecified atom stereocenters. The summed E-state index contributed by atoms with van der Waals surface area (Å²) in [7, 11) is 0. The van der Waals surface area contributed by atoms with Gasteiger partial charge in [-0.2, -0.15) is 0 Å². The van der Waals surface area contributed by atoms with Crippen LogP contribution in [0.1, 0.15) is 5.56 Å². The van der Waals surface area contributed by atoms with E-state index in [1.165, 1.54) is 23.1 Å². The molecule has 8 heteroatoms. The van der Waals surface area contributed by atoms with Crippen LogP contribution in [0.3, 0.4) is 0 Å². The average molecular weight is 536 g/mol. The van der Waals surface area contributed by atoms with E-state index in [2.05, 4.69) is 15.9 Å². The van der Waals surface area contributed by atoms with E-state index in [-0.39, 0.29) is 23.6 Å². The zero-order chi connectivity index (χ0) is 24.2. The number of rotatable bonds is 3. The first-order chi connectivity index (χ1) is 16.3. The quantitative estimate of drug-likeness (QED) is 0.434. The summed E-state index contributed by atoms with van der Waals surface area (Å²) in [4.78, 5) is 49.3. The highest BCUT2D eigenvalue weighted by molar-refractivity contribution is 9.10. The molecule has 4 amide bonds. The molecule has 2 heterocycles. The molecule has 0 bridgehead atoms. The van der Waals surface area contributed by atoms with Crippen LogP contribution in [0.5, 0.6) is 0 Å². The molecule has 0 aromatic heterocycles. The summed E-state index contributed by atoms with van der Waals surface area (Å²) >= 11 is 9.02. The van der Waals surface area contributed by atoms with Crippen LogP contribution < -0.4 is 9.80 Å². The molecule has 3 aromatic rings. The number of nitrogens with zero attached hydrogens (tertiary/aromatic N) is 2. The monoisotopic (exact) mass is 534 g/mol. The van der Waals surface area contributed by atoms with Crippen molar-refractivity contribution in [3.63, 3.8) is 0 Å². The van der Waals surface area contributed by atoms with Gasteiger partial charge in [-0.05, 0) is 54.1 Å². The highest BCUT2D eigenvalue weighted by Gasteiger charge is 2.32. The van der Waals surface area contributed by atoms with Gasteiger partial charge in [0.15, 0.2) is 0 Å². The Labute approximate surface area is 208 Å². The zero-order valence-corrected chi connectivity index (χ0v) is 19.9. The molecule has 5 rings (SSSR count). The Hall–Kier alpha value is -3.81. The molecule has 2 aliphatic rings. The summed E-state index contributed by atoms with van der Waals surface area (Å²) in [5, 5.41) is 0.570. The van der Waals surface area contributed by atoms with Gasteiger partial charge in [-0.25, -0.2) is 9.80 Å². The summed E-state index contributed by atoms with van der Waals surface area (Å²) in [6, 6.07) is 22.8. The molecule has 0 atom stereocenters. The van der Waals surface area contributed by atoms with Gasteiger partial charge in [-0.1, -0.05) is 57.9 Å². The molecule has 6 nitrogen and oxygen atoms in total. The normalized spacial score (nSPS) is 14.9. The maximum Gasteiger partial charge on any atom is 0.266 e. The van der Waals surface area contributed by atoms with Gasteiger partial charge in [-0.3, -0.25) is 19.2 Å². The van der Waals surface area contributed by atoms with Crippen LogP contribution in [0, 0.1) is 0 Å². The first-order valence-electron chi connectivity index (χ1n) is 10.1. The van der Waals surface area contributed by atoms with Crippen molar-refractivity contribution in [3.05, 3.63) is 112 Å². The second-order valence-corrected chi connectivity index (χ2v) is 8.55. The second kappa shape index (κ2) is 9.99. The smallest absolute Gasteiger partial charge is 0.266 e. The number of imide groups is 2. The average Bonchev–Trinajstić information content (AvgIpc) is 3.33. The van der Waals surface area contributed by atoms with Crippen LogP contribution in [0.4, 0.5) is 11.4 Å². The third kappa shape index (κ3) is 4.90. The van der Waals surface area contributed by atoms with Crippen molar-refractivity contribution in [1.82, 2.24) is 0 Å². The van der Waals surface area contributed by atoms with E-state index < -0.39 is 0 Å². The highest BCUT2D eigenvalue weighted by atomic mass is 79.9. The molecule has 168 valence electrons. The molecule has 3 aromatic carbocycles. The van der Waals surface area contributed by atoms with Crippen LogP contribution in [0.25, 0.3) is 5.57 Å². The zero-order valence-electron chi connectivity index (χ0n) is 17.5. The summed E-state index contributed by atoms with van der Waals surface area (Å²) in [6.45, 7) is 0. The van der Waals surface area contributed by atoms with Gasteiger partial charge >= 0.3 is 0 Å². The van der Waals surface area contributed by atoms with E-state index >= 15 is 0 Å². The molecule has 0 aliphatic carbocycles. The lowest BCUT2D eigenvalue weighted by Gasteiger charge is -2.14. The number of halogens is 2. The minimum atomic E-state index is -0.322. The fraction of sp³-hybridized carbons (Fsp3) is 0. The van der Waals surface area contributed by atoms with Gasteiger partial charge in [0.1, 0.15) is 0 Å². The number of anilines is 2. The van der Waals surface area contributed by atoms with E-state index in [1.807, 2.05) is 30.3 Å². The Morgan fingerprint density at radius 2 is 1.15 bits per heavy atom. The topological polar surface area (TPSA) is 74.8 Å². The fourth-order valence-corrected chi connectivity index (χ4v) is 3.76. The largest absolute Gasteiger partial charge is 0.269 e. The molecular weight excluding hydrogens is 520 g/mol. The van der Waals surface area contributed by atoms with Crippen molar-refractivity contribution in [1.29, 1.82) is 0 Å². The van der Waals surface area contributed by atoms with Gasteiger partial charge in [0, 0.05) is 27.7 Å². The third-order valence-electron chi connectivity index (χ3n) is 4.99. The summed E-state index contributed by atoms with van der Waals surface area (Å²) in [5.41, 5.74) is 2.30. The minimum Gasteiger partial charge on any atom is -0.269 e. The Morgan fingerprint density at radius 1 is 0.618 bits per heavy atom. The van der Waals surface area contributed by atoms with Gasteiger partial charge in [-0.15, -0.1) is 0 Å². The number of carbonyl (C=O) groups is 4. The van der Waals surface area contributed by atoms with Crippen LogP contribution >= 0.6 is 27.5 Å². The Bertz CT molecular complexity index is 1320. The molecular formula is C26H16BrClN2O4. The maximum atomic E-state index is 12.4. The van der Waals surface area contributed by atoms with Crippen molar-refractivity contribution in [2.75, 3.05) is 9.80 Å². The molecule has 0 radical (unpaired) electrons.